The maximum atomic E-state index is 4.60. The van der Waals surface area contributed by atoms with Gasteiger partial charge in [-0.1, -0.05) is 6.92 Å². The van der Waals surface area contributed by atoms with E-state index in [-0.39, 0.29) is 4.87 Å². The third-order valence-corrected chi connectivity index (χ3v) is 4.47. The van der Waals surface area contributed by atoms with Gasteiger partial charge in [-0.05, 0) is 20.8 Å². The Labute approximate surface area is 78.5 Å². The van der Waals surface area contributed by atoms with Gasteiger partial charge in [0.25, 0.3) is 0 Å². The lowest BCUT2D eigenvalue weighted by atomic mass is 10.2. The molecule has 0 aromatic heterocycles. The Hall–Kier alpha value is 0.370. The topological polar surface area (TPSA) is 12.4 Å². The third-order valence-electron chi connectivity index (χ3n) is 2.18. The molecule has 1 aliphatic heterocycles. The van der Waals surface area contributed by atoms with Crippen molar-refractivity contribution in [2.75, 3.05) is 0 Å². The third kappa shape index (κ3) is 1.75. The van der Waals surface area contributed by atoms with Gasteiger partial charge >= 0.3 is 0 Å². The second-order valence-corrected chi connectivity index (χ2v) is 5.79. The van der Waals surface area contributed by atoms with Crippen LogP contribution >= 0.6 is 24.4 Å². The van der Waals surface area contributed by atoms with Crippen molar-refractivity contribution >= 4 is 30.1 Å². The molecule has 0 amide bonds. The van der Waals surface area contributed by atoms with Gasteiger partial charge in [-0.25, -0.2) is 0 Å². The van der Waals surface area contributed by atoms with Gasteiger partial charge in [0.1, 0.15) is 4.87 Å². The summed E-state index contributed by atoms with van der Waals surface area (Å²) in [5.74, 6) is 0. The van der Waals surface area contributed by atoms with Crippen molar-refractivity contribution in [3.05, 3.63) is 0 Å². The van der Waals surface area contributed by atoms with E-state index >= 15 is 0 Å². The first kappa shape index (κ1) is 9.46. The molecular formula is C8H15NS2. The van der Waals surface area contributed by atoms with Crippen LogP contribution in [0, 0.1) is 0 Å². The number of hydrogen-bond donors (Lipinski definition) is 1. The van der Waals surface area contributed by atoms with Gasteiger partial charge in [0, 0.05) is 16.2 Å². The lowest BCUT2D eigenvalue weighted by Crippen LogP contribution is -2.25. The Morgan fingerprint density at radius 1 is 1.73 bits per heavy atom. The fourth-order valence-corrected chi connectivity index (χ4v) is 2.68. The molecule has 0 aliphatic carbocycles. The molecule has 1 nitrogen and oxygen atoms in total. The summed E-state index contributed by atoms with van der Waals surface area (Å²) in [6.07, 6.45) is 0. The second kappa shape index (κ2) is 3.02. The van der Waals surface area contributed by atoms with Gasteiger partial charge in [0.15, 0.2) is 0 Å². The first-order valence-corrected chi connectivity index (χ1v) is 5.27. The summed E-state index contributed by atoms with van der Waals surface area (Å²) in [6, 6.07) is 0. The molecule has 0 aromatic rings. The standard InChI is InChI=1S/C8H15NS2/c1-5-6(2)11-8(4,9-5)7(3)10/h6-7,10H,1-4H3/t6-,7+,8+/m0/s1. The molecule has 0 spiro atoms. The molecule has 0 N–H and O–H groups in total. The molecule has 0 radical (unpaired) electrons. The van der Waals surface area contributed by atoms with Gasteiger partial charge in [-0.15, -0.1) is 11.8 Å². The first-order chi connectivity index (χ1) is 4.96. The molecule has 11 heavy (non-hydrogen) atoms. The van der Waals surface area contributed by atoms with Crippen molar-refractivity contribution in [2.24, 2.45) is 4.99 Å². The smallest absolute Gasteiger partial charge is 0.115 e. The highest BCUT2D eigenvalue weighted by atomic mass is 32.2. The number of aliphatic imine (C=N–C) groups is 1. The Bertz CT molecular complexity index is 189. The van der Waals surface area contributed by atoms with Crippen molar-refractivity contribution in [3.63, 3.8) is 0 Å². The summed E-state index contributed by atoms with van der Waals surface area (Å²) in [4.78, 5) is 4.61. The lowest BCUT2D eigenvalue weighted by molar-refractivity contribution is 0.682. The predicted octanol–water partition coefficient (Wildman–Crippen LogP) is 2.62. The van der Waals surface area contributed by atoms with E-state index in [1.165, 1.54) is 5.71 Å². The summed E-state index contributed by atoms with van der Waals surface area (Å²) in [6.45, 7) is 8.55. The number of thiol groups is 1. The molecule has 0 bridgehead atoms. The highest BCUT2D eigenvalue weighted by molar-refractivity contribution is 8.03. The van der Waals surface area contributed by atoms with Crippen LogP contribution in [0.1, 0.15) is 27.7 Å². The van der Waals surface area contributed by atoms with E-state index < -0.39 is 0 Å². The van der Waals surface area contributed by atoms with Gasteiger partial charge in [0.05, 0.1) is 0 Å². The molecule has 3 heteroatoms. The summed E-state index contributed by atoms with van der Waals surface area (Å²) in [5.41, 5.74) is 1.25. The van der Waals surface area contributed by atoms with Crippen molar-refractivity contribution in [3.8, 4) is 0 Å². The summed E-state index contributed by atoms with van der Waals surface area (Å²) < 4.78 is 0. The van der Waals surface area contributed by atoms with Gasteiger partial charge in [-0.2, -0.15) is 12.6 Å². The zero-order chi connectivity index (χ0) is 8.65. The van der Waals surface area contributed by atoms with E-state index in [0.29, 0.717) is 10.5 Å². The predicted molar refractivity (Wildman–Crippen MR) is 57.0 cm³/mol. The second-order valence-electron chi connectivity index (χ2n) is 3.24. The average molecular weight is 189 g/mol. The van der Waals surface area contributed by atoms with E-state index in [1.807, 2.05) is 11.8 Å². The van der Waals surface area contributed by atoms with E-state index in [2.05, 4.69) is 45.3 Å². The maximum absolute atomic E-state index is 4.60. The molecule has 3 atom stereocenters. The molecule has 0 aromatic carbocycles. The van der Waals surface area contributed by atoms with Gasteiger partial charge in [0.2, 0.25) is 0 Å². The van der Waals surface area contributed by atoms with Crippen LogP contribution < -0.4 is 0 Å². The number of rotatable bonds is 1. The maximum Gasteiger partial charge on any atom is 0.115 e. The van der Waals surface area contributed by atoms with Crippen LogP contribution in [0.3, 0.4) is 0 Å². The quantitative estimate of drug-likeness (QED) is 0.625. The zero-order valence-corrected chi connectivity index (χ0v) is 9.17. The molecule has 0 saturated heterocycles. The highest BCUT2D eigenvalue weighted by Crippen LogP contribution is 2.41. The van der Waals surface area contributed by atoms with E-state index in [9.17, 15) is 0 Å². The van der Waals surface area contributed by atoms with Crippen LogP contribution in [-0.2, 0) is 0 Å². The Balaban J connectivity index is 2.79. The lowest BCUT2D eigenvalue weighted by Gasteiger charge is -2.24. The monoisotopic (exact) mass is 189 g/mol. The minimum Gasteiger partial charge on any atom is -0.275 e. The number of nitrogens with zero attached hydrogens (tertiary/aromatic N) is 1. The van der Waals surface area contributed by atoms with E-state index in [4.69, 9.17) is 0 Å². The zero-order valence-electron chi connectivity index (χ0n) is 7.46. The Kier molecular flexibility index (Phi) is 2.59. The Morgan fingerprint density at radius 2 is 2.27 bits per heavy atom. The molecule has 0 saturated carbocycles. The molecular weight excluding hydrogens is 174 g/mol. The van der Waals surface area contributed by atoms with E-state index in [1.54, 1.807) is 0 Å². The summed E-state index contributed by atoms with van der Waals surface area (Å²) >= 11 is 6.34. The molecule has 1 rings (SSSR count). The fraction of sp³-hybridized carbons (Fsp3) is 0.875. The molecule has 64 valence electrons. The molecule has 0 unspecified atom stereocenters. The largest absolute Gasteiger partial charge is 0.275 e. The average Bonchev–Trinajstić information content (AvgIpc) is 2.09. The molecule has 1 aliphatic rings. The first-order valence-electron chi connectivity index (χ1n) is 3.88. The Morgan fingerprint density at radius 3 is 2.45 bits per heavy atom. The van der Waals surface area contributed by atoms with E-state index in [0.717, 1.165) is 0 Å². The van der Waals surface area contributed by atoms with Crippen molar-refractivity contribution < 1.29 is 0 Å². The highest BCUT2D eigenvalue weighted by Gasteiger charge is 2.36. The van der Waals surface area contributed by atoms with Crippen molar-refractivity contribution in [1.29, 1.82) is 0 Å². The molecule has 0 fully saturated rings. The molecule has 1 heterocycles. The van der Waals surface area contributed by atoms with Crippen molar-refractivity contribution in [1.82, 2.24) is 0 Å². The van der Waals surface area contributed by atoms with Crippen LogP contribution in [0.4, 0.5) is 0 Å². The summed E-state index contributed by atoms with van der Waals surface area (Å²) in [5, 5.41) is 0.891. The fourth-order valence-electron chi connectivity index (χ4n) is 1.10. The van der Waals surface area contributed by atoms with Gasteiger partial charge < -0.3 is 0 Å². The number of hydrogen-bond acceptors (Lipinski definition) is 3. The summed E-state index contributed by atoms with van der Waals surface area (Å²) in [7, 11) is 0. The number of thioether (sulfide) groups is 1. The minimum absolute atomic E-state index is 0.00656. The van der Waals surface area contributed by atoms with Crippen LogP contribution in [0.5, 0.6) is 0 Å². The normalized spacial score (nSPS) is 40.5. The van der Waals surface area contributed by atoms with Crippen molar-refractivity contribution in [2.45, 2.75) is 43.1 Å². The van der Waals surface area contributed by atoms with Crippen LogP contribution in [-0.4, -0.2) is 21.1 Å². The minimum atomic E-state index is 0.00656. The van der Waals surface area contributed by atoms with Crippen LogP contribution in [0.2, 0.25) is 0 Å². The van der Waals surface area contributed by atoms with Gasteiger partial charge in [-0.3, -0.25) is 4.99 Å². The van der Waals surface area contributed by atoms with Crippen LogP contribution in [0.15, 0.2) is 4.99 Å². The SMILES string of the molecule is CC1=N[C@@](C)([C@@H](C)S)S[C@H]1C. The van der Waals surface area contributed by atoms with Crippen LogP contribution in [0.25, 0.3) is 0 Å².